The zero-order valence-corrected chi connectivity index (χ0v) is 13.1. The van der Waals surface area contributed by atoms with Crippen molar-refractivity contribution in [2.45, 2.75) is 31.9 Å². The van der Waals surface area contributed by atoms with E-state index in [2.05, 4.69) is 10.2 Å². The van der Waals surface area contributed by atoms with Crippen LogP contribution < -0.4 is 10.1 Å². The number of fused-ring (bicyclic) bond motifs is 1. The fraction of sp³-hybridized carbons (Fsp3) is 0.588. The molecule has 0 aromatic heterocycles. The number of hydrogen-bond donors (Lipinski definition) is 1. The zero-order valence-electron chi connectivity index (χ0n) is 13.1. The first-order valence-corrected chi connectivity index (χ1v) is 8.13. The van der Waals surface area contributed by atoms with Crippen LogP contribution in [0.25, 0.3) is 0 Å². The number of benzene rings is 1. The molecule has 3 rings (SSSR count). The maximum absolute atomic E-state index is 12.2. The van der Waals surface area contributed by atoms with Crippen molar-refractivity contribution >= 4 is 5.91 Å². The van der Waals surface area contributed by atoms with Crippen LogP contribution in [0.2, 0.25) is 0 Å². The maximum atomic E-state index is 12.2. The molecule has 2 aliphatic rings. The summed E-state index contributed by atoms with van der Waals surface area (Å²) in [6, 6.07) is 7.87. The van der Waals surface area contributed by atoms with Crippen molar-refractivity contribution in [1.82, 2.24) is 10.2 Å². The molecule has 2 atom stereocenters. The quantitative estimate of drug-likeness (QED) is 0.899. The van der Waals surface area contributed by atoms with Crippen LogP contribution in [0.5, 0.6) is 5.75 Å². The van der Waals surface area contributed by atoms with Gasteiger partial charge in [-0.15, -0.1) is 0 Å². The van der Waals surface area contributed by atoms with E-state index >= 15 is 0 Å². The van der Waals surface area contributed by atoms with E-state index in [4.69, 9.17) is 9.47 Å². The fourth-order valence-electron chi connectivity index (χ4n) is 3.21. The highest BCUT2D eigenvalue weighted by atomic mass is 16.5. The number of amides is 1. The molecule has 0 radical (unpaired) electrons. The number of nitrogens with zero attached hydrogens (tertiary/aromatic N) is 1. The van der Waals surface area contributed by atoms with Crippen LogP contribution in [0.1, 0.15) is 30.1 Å². The van der Waals surface area contributed by atoms with E-state index in [1.165, 1.54) is 12.8 Å². The summed E-state index contributed by atoms with van der Waals surface area (Å²) in [6.07, 6.45) is 2.59. The van der Waals surface area contributed by atoms with Crippen LogP contribution in [0.15, 0.2) is 24.3 Å². The molecule has 1 amide bonds. The average Bonchev–Trinajstić information content (AvgIpc) is 3.01. The van der Waals surface area contributed by atoms with Crippen LogP contribution >= 0.6 is 0 Å². The second kappa shape index (κ2) is 7.11. The molecule has 5 nitrogen and oxygen atoms in total. The minimum Gasteiger partial charge on any atom is -0.494 e. The van der Waals surface area contributed by atoms with Crippen LogP contribution in [0, 0.1) is 0 Å². The third kappa shape index (κ3) is 3.59. The Morgan fingerprint density at radius 1 is 1.50 bits per heavy atom. The van der Waals surface area contributed by atoms with Crippen molar-refractivity contribution < 1.29 is 14.3 Å². The van der Waals surface area contributed by atoms with E-state index < -0.39 is 0 Å². The molecule has 0 bridgehead atoms. The normalized spacial score (nSPS) is 24.8. The molecule has 22 heavy (non-hydrogen) atoms. The Morgan fingerprint density at radius 3 is 3.27 bits per heavy atom. The van der Waals surface area contributed by atoms with Crippen molar-refractivity contribution in [3.8, 4) is 5.75 Å². The number of carbonyl (C=O) groups is 1. The molecule has 1 aromatic rings. The van der Waals surface area contributed by atoms with Gasteiger partial charge >= 0.3 is 0 Å². The summed E-state index contributed by atoms with van der Waals surface area (Å²) in [5.74, 6) is 0.651. The number of carbonyl (C=O) groups excluding carboxylic acids is 1. The third-order valence-electron chi connectivity index (χ3n) is 4.36. The highest BCUT2D eigenvalue weighted by Gasteiger charge is 2.32. The van der Waals surface area contributed by atoms with Gasteiger partial charge < -0.3 is 14.8 Å². The zero-order chi connectivity index (χ0) is 15.4. The predicted molar refractivity (Wildman–Crippen MR) is 84.3 cm³/mol. The highest BCUT2D eigenvalue weighted by molar-refractivity contribution is 5.94. The number of rotatable bonds is 5. The molecule has 0 unspecified atom stereocenters. The highest BCUT2D eigenvalue weighted by Crippen LogP contribution is 2.22. The first kappa shape index (κ1) is 15.3. The topological polar surface area (TPSA) is 50.8 Å². The lowest BCUT2D eigenvalue weighted by atomic mass is 10.1. The summed E-state index contributed by atoms with van der Waals surface area (Å²) in [5, 5.41) is 2.97. The summed E-state index contributed by atoms with van der Waals surface area (Å²) < 4.78 is 11.3. The Kier molecular flexibility index (Phi) is 4.95. The molecule has 5 heteroatoms. The third-order valence-corrected chi connectivity index (χ3v) is 4.36. The van der Waals surface area contributed by atoms with Crippen molar-refractivity contribution in [1.29, 1.82) is 0 Å². The smallest absolute Gasteiger partial charge is 0.251 e. The molecule has 120 valence electrons. The number of morpholine rings is 1. The number of nitrogens with one attached hydrogen (secondary N) is 1. The summed E-state index contributed by atoms with van der Waals surface area (Å²) in [5.41, 5.74) is 0.626. The summed E-state index contributed by atoms with van der Waals surface area (Å²) >= 11 is 0. The van der Waals surface area contributed by atoms with E-state index in [9.17, 15) is 4.79 Å². The van der Waals surface area contributed by atoms with E-state index in [1.54, 1.807) is 12.1 Å². The predicted octanol–water partition coefficient (Wildman–Crippen LogP) is 1.68. The summed E-state index contributed by atoms with van der Waals surface area (Å²) in [6.45, 7) is 5.96. The Labute approximate surface area is 131 Å². The largest absolute Gasteiger partial charge is 0.494 e. The van der Waals surface area contributed by atoms with Gasteiger partial charge in [0.05, 0.1) is 19.3 Å². The molecule has 2 fully saturated rings. The van der Waals surface area contributed by atoms with Gasteiger partial charge in [0.2, 0.25) is 0 Å². The lowest BCUT2D eigenvalue weighted by Crippen LogP contribution is -2.50. The van der Waals surface area contributed by atoms with Crippen molar-refractivity contribution in [3.63, 3.8) is 0 Å². The van der Waals surface area contributed by atoms with Crippen LogP contribution in [0.3, 0.4) is 0 Å². The molecule has 1 aromatic carbocycles. The van der Waals surface area contributed by atoms with Gasteiger partial charge in [0.15, 0.2) is 0 Å². The second-order valence-corrected chi connectivity index (χ2v) is 5.92. The molecule has 1 N–H and O–H groups in total. The van der Waals surface area contributed by atoms with Gasteiger partial charge in [-0.3, -0.25) is 9.69 Å². The Hall–Kier alpha value is -1.59. The monoisotopic (exact) mass is 304 g/mol. The SMILES string of the molecule is CCOc1cccc(C(=O)NC[C@@H]2CN3CCC[C@@H]3CO2)c1. The van der Waals surface area contributed by atoms with Gasteiger partial charge in [0.25, 0.3) is 5.91 Å². The van der Waals surface area contributed by atoms with Gasteiger partial charge in [-0.05, 0) is 44.5 Å². The Balaban J connectivity index is 1.50. The van der Waals surface area contributed by atoms with Gasteiger partial charge in [-0.25, -0.2) is 0 Å². The molecule has 0 spiro atoms. The summed E-state index contributed by atoms with van der Waals surface area (Å²) in [7, 11) is 0. The minimum absolute atomic E-state index is 0.0753. The van der Waals surface area contributed by atoms with Crippen LogP contribution in [-0.4, -0.2) is 55.8 Å². The molecule has 0 saturated carbocycles. The molecule has 0 aliphatic carbocycles. The summed E-state index contributed by atoms with van der Waals surface area (Å²) in [4.78, 5) is 14.7. The second-order valence-electron chi connectivity index (χ2n) is 5.92. The van der Waals surface area contributed by atoms with Crippen molar-refractivity contribution in [2.75, 3.05) is 32.8 Å². The Morgan fingerprint density at radius 2 is 2.41 bits per heavy atom. The van der Waals surface area contributed by atoms with Crippen LogP contribution in [-0.2, 0) is 4.74 Å². The van der Waals surface area contributed by atoms with E-state index in [0.717, 1.165) is 25.4 Å². The number of hydrogen-bond acceptors (Lipinski definition) is 4. The van der Waals surface area contributed by atoms with E-state index in [1.807, 2.05) is 19.1 Å². The molecular weight excluding hydrogens is 280 g/mol. The van der Waals surface area contributed by atoms with Gasteiger partial charge in [0, 0.05) is 24.7 Å². The van der Waals surface area contributed by atoms with Gasteiger partial charge in [-0.1, -0.05) is 6.07 Å². The van der Waals surface area contributed by atoms with Crippen LogP contribution in [0.4, 0.5) is 0 Å². The minimum atomic E-state index is -0.0753. The molecule has 2 heterocycles. The Bertz CT molecular complexity index is 520. The standard InChI is InChI=1S/C17H24N2O3/c1-2-21-15-7-3-5-13(9-15)17(20)18-10-16-11-19-8-4-6-14(19)12-22-16/h3,5,7,9,14,16H,2,4,6,8,10-12H2,1H3,(H,18,20)/t14-,16-/m1/s1. The molecule has 2 aliphatic heterocycles. The van der Waals surface area contributed by atoms with Gasteiger partial charge in [-0.2, -0.15) is 0 Å². The van der Waals surface area contributed by atoms with Crippen molar-refractivity contribution in [3.05, 3.63) is 29.8 Å². The average molecular weight is 304 g/mol. The lowest BCUT2D eigenvalue weighted by molar-refractivity contribution is -0.0461. The molecule has 2 saturated heterocycles. The van der Waals surface area contributed by atoms with Gasteiger partial charge in [0.1, 0.15) is 5.75 Å². The maximum Gasteiger partial charge on any atom is 0.251 e. The first-order chi connectivity index (χ1) is 10.8. The lowest BCUT2D eigenvalue weighted by Gasteiger charge is -2.35. The van der Waals surface area contributed by atoms with E-state index in [-0.39, 0.29) is 12.0 Å². The number of ether oxygens (including phenoxy) is 2. The molecular formula is C17H24N2O3. The first-order valence-electron chi connectivity index (χ1n) is 8.13. The van der Waals surface area contributed by atoms with E-state index in [0.29, 0.717) is 24.8 Å². The van der Waals surface area contributed by atoms with Crippen molar-refractivity contribution in [2.24, 2.45) is 0 Å². The fourth-order valence-corrected chi connectivity index (χ4v) is 3.21.